The predicted molar refractivity (Wildman–Crippen MR) is 80.5 cm³/mol. The lowest BCUT2D eigenvalue weighted by molar-refractivity contribution is -0.139. The van der Waals surface area contributed by atoms with Gasteiger partial charge in [-0.2, -0.15) is 11.8 Å². The van der Waals surface area contributed by atoms with E-state index in [4.69, 9.17) is 9.84 Å². The van der Waals surface area contributed by atoms with E-state index in [0.717, 1.165) is 4.90 Å². The number of hydrogen-bond acceptors (Lipinski definition) is 5. The van der Waals surface area contributed by atoms with Gasteiger partial charge in [0.25, 0.3) is 0 Å². The normalized spacial score (nSPS) is 11.6. The summed E-state index contributed by atoms with van der Waals surface area (Å²) in [5.41, 5.74) is 0. The number of rotatable bonds is 10. The molecule has 3 N–H and O–H groups in total. The maximum atomic E-state index is 11.8. The van der Waals surface area contributed by atoms with E-state index in [1.807, 2.05) is 6.26 Å². The van der Waals surface area contributed by atoms with Crippen molar-refractivity contribution >= 4 is 29.7 Å². The molecule has 0 aromatic heterocycles. The fourth-order valence-electron chi connectivity index (χ4n) is 1.39. The van der Waals surface area contributed by atoms with Crippen LogP contribution in [-0.2, 0) is 14.3 Å². The van der Waals surface area contributed by atoms with Crippen molar-refractivity contribution in [2.75, 3.05) is 45.9 Å². The average Bonchev–Trinajstić information content (AvgIpc) is 2.42. The van der Waals surface area contributed by atoms with Gasteiger partial charge in [0.15, 0.2) is 0 Å². The van der Waals surface area contributed by atoms with Crippen molar-refractivity contribution in [3.63, 3.8) is 0 Å². The maximum Gasteiger partial charge on any atom is 0.326 e. The zero-order valence-corrected chi connectivity index (χ0v) is 13.4. The molecule has 0 saturated heterocycles. The Labute approximate surface area is 128 Å². The number of methoxy groups -OCH3 is 1. The number of carbonyl (C=O) groups is 3. The van der Waals surface area contributed by atoms with Crippen LogP contribution in [-0.4, -0.2) is 79.8 Å². The molecule has 0 aromatic rings. The maximum absolute atomic E-state index is 11.8. The van der Waals surface area contributed by atoms with E-state index in [2.05, 4.69) is 10.6 Å². The van der Waals surface area contributed by atoms with Gasteiger partial charge in [0.2, 0.25) is 5.91 Å². The Morgan fingerprint density at radius 1 is 1.38 bits per heavy atom. The van der Waals surface area contributed by atoms with Crippen molar-refractivity contribution < 1.29 is 24.2 Å². The minimum absolute atomic E-state index is 0.148. The van der Waals surface area contributed by atoms with Crippen molar-refractivity contribution in [3.05, 3.63) is 0 Å². The number of ether oxygens (including phenoxy) is 1. The van der Waals surface area contributed by atoms with Crippen molar-refractivity contribution in [3.8, 4) is 0 Å². The van der Waals surface area contributed by atoms with Gasteiger partial charge in [-0.05, 0) is 18.4 Å². The van der Waals surface area contributed by atoms with Crippen molar-refractivity contribution in [2.45, 2.75) is 12.5 Å². The van der Waals surface area contributed by atoms with E-state index in [-0.39, 0.29) is 12.5 Å². The number of carboxylic acids is 1. The second-order valence-corrected chi connectivity index (χ2v) is 5.31. The van der Waals surface area contributed by atoms with E-state index in [1.165, 1.54) is 25.9 Å². The van der Waals surface area contributed by atoms with Gasteiger partial charge in [-0.25, -0.2) is 9.59 Å². The van der Waals surface area contributed by atoms with E-state index >= 15 is 0 Å². The molecule has 0 saturated carbocycles. The smallest absolute Gasteiger partial charge is 0.326 e. The standard InChI is InChI=1S/C12H23N3O5S/c1-15(8-10(16)13-5-6-20-2)12(19)14-9(11(17)18)4-7-21-3/h9H,4-8H2,1-3H3,(H,13,16)(H,14,19)(H,17,18)/t9-/m0/s1. The first-order valence-electron chi connectivity index (χ1n) is 6.41. The summed E-state index contributed by atoms with van der Waals surface area (Å²) in [5.74, 6) is -0.797. The first-order chi connectivity index (χ1) is 9.92. The fourth-order valence-corrected chi connectivity index (χ4v) is 1.86. The summed E-state index contributed by atoms with van der Waals surface area (Å²) in [6.45, 7) is 0.595. The topological polar surface area (TPSA) is 108 Å². The molecule has 0 fully saturated rings. The number of carbonyl (C=O) groups excluding carboxylic acids is 2. The summed E-state index contributed by atoms with van der Waals surface area (Å²) in [7, 11) is 2.95. The van der Waals surface area contributed by atoms with Crippen LogP contribution in [0.3, 0.4) is 0 Å². The number of likely N-dealkylation sites (N-methyl/N-ethyl adjacent to an activating group) is 1. The Morgan fingerprint density at radius 3 is 2.57 bits per heavy atom. The molecule has 0 radical (unpaired) electrons. The lowest BCUT2D eigenvalue weighted by atomic mass is 10.2. The van der Waals surface area contributed by atoms with Crippen LogP contribution in [0, 0.1) is 0 Å². The van der Waals surface area contributed by atoms with Gasteiger partial charge in [-0.15, -0.1) is 0 Å². The number of carboxylic acid groups (broad SMARTS) is 1. The van der Waals surface area contributed by atoms with Crippen LogP contribution in [0.1, 0.15) is 6.42 Å². The highest BCUT2D eigenvalue weighted by molar-refractivity contribution is 7.98. The number of aliphatic carboxylic acids is 1. The van der Waals surface area contributed by atoms with Crippen molar-refractivity contribution in [1.82, 2.24) is 15.5 Å². The third-order valence-electron chi connectivity index (χ3n) is 2.56. The molecule has 0 rings (SSSR count). The molecule has 1 atom stereocenters. The van der Waals surface area contributed by atoms with Gasteiger partial charge >= 0.3 is 12.0 Å². The molecule has 9 heteroatoms. The molecule has 3 amide bonds. The van der Waals surface area contributed by atoms with Gasteiger partial charge in [-0.3, -0.25) is 4.79 Å². The molecule has 0 unspecified atom stereocenters. The number of nitrogens with zero attached hydrogens (tertiary/aromatic N) is 1. The highest BCUT2D eigenvalue weighted by Crippen LogP contribution is 2.01. The highest BCUT2D eigenvalue weighted by Gasteiger charge is 2.22. The lowest BCUT2D eigenvalue weighted by Crippen LogP contribution is -2.49. The van der Waals surface area contributed by atoms with E-state index in [1.54, 1.807) is 0 Å². The van der Waals surface area contributed by atoms with Crippen LogP contribution in [0.25, 0.3) is 0 Å². The highest BCUT2D eigenvalue weighted by atomic mass is 32.2. The van der Waals surface area contributed by atoms with Crippen molar-refractivity contribution in [1.29, 1.82) is 0 Å². The summed E-state index contributed by atoms with van der Waals surface area (Å²) in [6, 6.07) is -1.55. The number of urea groups is 1. The number of nitrogens with one attached hydrogen (secondary N) is 2. The van der Waals surface area contributed by atoms with Crippen LogP contribution in [0.5, 0.6) is 0 Å². The monoisotopic (exact) mass is 321 g/mol. The molecular formula is C12H23N3O5S. The summed E-state index contributed by atoms with van der Waals surface area (Å²) in [6.07, 6.45) is 2.19. The first kappa shape index (κ1) is 19.5. The van der Waals surface area contributed by atoms with E-state index in [0.29, 0.717) is 25.3 Å². The van der Waals surface area contributed by atoms with Gasteiger partial charge in [0, 0.05) is 20.7 Å². The van der Waals surface area contributed by atoms with Crippen LogP contribution in [0.15, 0.2) is 0 Å². The Kier molecular flexibility index (Phi) is 10.4. The molecule has 0 bridgehead atoms. The first-order valence-corrected chi connectivity index (χ1v) is 7.80. The van der Waals surface area contributed by atoms with E-state index in [9.17, 15) is 14.4 Å². The molecule has 0 aliphatic carbocycles. The van der Waals surface area contributed by atoms with Crippen LogP contribution in [0.2, 0.25) is 0 Å². The number of thioether (sulfide) groups is 1. The average molecular weight is 321 g/mol. The summed E-state index contributed by atoms with van der Waals surface area (Å²) < 4.78 is 4.79. The summed E-state index contributed by atoms with van der Waals surface area (Å²) in [4.78, 5) is 35.5. The molecule has 0 spiro atoms. The third-order valence-corrected chi connectivity index (χ3v) is 3.21. The second-order valence-electron chi connectivity index (χ2n) is 4.32. The minimum atomic E-state index is -1.09. The Balaban J connectivity index is 4.22. The number of hydrogen-bond donors (Lipinski definition) is 3. The summed E-state index contributed by atoms with van der Waals surface area (Å²) in [5, 5.41) is 14.0. The van der Waals surface area contributed by atoms with Crippen LogP contribution >= 0.6 is 11.8 Å². The molecule has 8 nitrogen and oxygen atoms in total. The predicted octanol–water partition coefficient (Wildman–Crippen LogP) is -0.403. The van der Waals surface area contributed by atoms with Crippen LogP contribution in [0.4, 0.5) is 4.79 Å². The minimum Gasteiger partial charge on any atom is -0.480 e. The molecule has 122 valence electrons. The second kappa shape index (κ2) is 11.2. The van der Waals surface area contributed by atoms with Crippen LogP contribution < -0.4 is 10.6 Å². The van der Waals surface area contributed by atoms with Gasteiger partial charge in [-0.1, -0.05) is 0 Å². The van der Waals surface area contributed by atoms with Gasteiger partial charge in [0.05, 0.1) is 6.61 Å². The van der Waals surface area contributed by atoms with Gasteiger partial charge in [0.1, 0.15) is 12.6 Å². The Bertz CT molecular complexity index is 354. The molecule has 0 aromatic carbocycles. The van der Waals surface area contributed by atoms with E-state index < -0.39 is 18.0 Å². The molecule has 21 heavy (non-hydrogen) atoms. The molecule has 0 aliphatic heterocycles. The zero-order valence-electron chi connectivity index (χ0n) is 12.5. The largest absolute Gasteiger partial charge is 0.480 e. The molecule has 0 aliphatic rings. The quantitative estimate of drug-likeness (QED) is 0.472. The zero-order chi connectivity index (χ0) is 16.3. The molecular weight excluding hydrogens is 298 g/mol. The lowest BCUT2D eigenvalue weighted by Gasteiger charge is -2.21. The molecule has 0 heterocycles. The number of amides is 3. The summed E-state index contributed by atoms with van der Waals surface area (Å²) >= 11 is 1.50. The SMILES string of the molecule is COCCNC(=O)CN(C)C(=O)N[C@@H](CCSC)C(=O)O. The van der Waals surface area contributed by atoms with Crippen molar-refractivity contribution in [2.24, 2.45) is 0 Å². The third kappa shape index (κ3) is 9.14. The van der Waals surface area contributed by atoms with Gasteiger partial charge < -0.3 is 25.4 Å². The Morgan fingerprint density at radius 2 is 2.05 bits per heavy atom. The Hall–Kier alpha value is -1.48. The fraction of sp³-hybridized carbons (Fsp3) is 0.750.